The van der Waals surface area contributed by atoms with E-state index in [2.05, 4.69) is 5.32 Å². The highest BCUT2D eigenvalue weighted by Crippen LogP contribution is 2.30. The number of nitrogens with zero attached hydrogens (tertiary/aromatic N) is 1. The van der Waals surface area contributed by atoms with Crippen molar-refractivity contribution in [1.82, 2.24) is 0 Å². The van der Waals surface area contributed by atoms with Gasteiger partial charge in [-0.15, -0.1) is 0 Å². The summed E-state index contributed by atoms with van der Waals surface area (Å²) in [4.78, 5) is 12.2. The summed E-state index contributed by atoms with van der Waals surface area (Å²) in [6.45, 7) is 0. The van der Waals surface area contributed by atoms with E-state index in [1.165, 1.54) is 32.4 Å². The molecule has 0 bridgehead atoms. The number of methoxy groups -OCH3 is 2. The van der Waals surface area contributed by atoms with E-state index in [4.69, 9.17) is 14.7 Å². The zero-order valence-electron chi connectivity index (χ0n) is 13.5. The molecule has 2 rings (SSSR count). The van der Waals surface area contributed by atoms with Crippen molar-refractivity contribution in [2.24, 2.45) is 0 Å². The first-order valence-electron chi connectivity index (χ1n) is 7.09. The lowest BCUT2D eigenvalue weighted by atomic mass is 10.1. The minimum Gasteiger partial charge on any atom is -0.493 e. The molecule has 0 radical (unpaired) electrons. The van der Waals surface area contributed by atoms with Gasteiger partial charge in [-0.05, 0) is 24.3 Å². The third-order valence-electron chi connectivity index (χ3n) is 3.29. The second-order valence-corrected chi connectivity index (χ2v) is 4.84. The molecule has 2 aromatic rings. The highest BCUT2D eigenvalue weighted by molar-refractivity contribution is 6.09. The Hall–Kier alpha value is -3.40. The van der Waals surface area contributed by atoms with Gasteiger partial charge in [0, 0.05) is 17.3 Å². The molecule has 0 saturated carbocycles. The van der Waals surface area contributed by atoms with E-state index in [0.29, 0.717) is 17.2 Å². The predicted molar refractivity (Wildman–Crippen MR) is 88.1 cm³/mol. The lowest BCUT2D eigenvalue weighted by Gasteiger charge is -2.10. The summed E-state index contributed by atoms with van der Waals surface area (Å²) in [5.41, 5.74) is -0.221. The molecule has 2 aromatic carbocycles. The van der Waals surface area contributed by atoms with Gasteiger partial charge in [0.1, 0.15) is 11.6 Å². The van der Waals surface area contributed by atoms with Gasteiger partial charge in [0.2, 0.25) is 0 Å². The fourth-order valence-corrected chi connectivity index (χ4v) is 2.05. The maximum absolute atomic E-state index is 13.7. The van der Waals surface area contributed by atoms with Gasteiger partial charge in [-0.1, -0.05) is 12.1 Å². The molecule has 7 heteroatoms. The number of ether oxygens (including phenoxy) is 2. The SMILES string of the molecule is COc1ccc(NC(=O)/C(C#N)=C/c2cccc(F)c2F)cc1OC. The Bertz CT molecular complexity index is 873. The summed E-state index contributed by atoms with van der Waals surface area (Å²) >= 11 is 0. The van der Waals surface area contributed by atoms with Crippen molar-refractivity contribution < 1.29 is 23.0 Å². The molecule has 5 nitrogen and oxygen atoms in total. The molecule has 0 heterocycles. The molecule has 0 saturated heterocycles. The molecule has 25 heavy (non-hydrogen) atoms. The Kier molecular flexibility index (Phi) is 5.69. The van der Waals surface area contributed by atoms with Crippen LogP contribution in [0.1, 0.15) is 5.56 Å². The Morgan fingerprint density at radius 3 is 2.52 bits per heavy atom. The Morgan fingerprint density at radius 1 is 1.16 bits per heavy atom. The van der Waals surface area contributed by atoms with Gasteiger partial charge in [0.25, 0.3) is 5.91 Å². The normalized spacial score (nSPS) is 10.8. The van der Waals surface area contributed by atoms with E-state index in [1.807, 2.05) is 0 Å². The summed E-state index contributed by atoms with van der Waals surface area (Å²) < 4.78 is 37.1. The topological polar surface area (TPSA) is 71.3 Å². The van der Waals surface area contributed by atoms with Crippen LogP contribution in [0.15, 0.2) is 42.0 Å². The summed E-state index contributed by atoms with van der Waals surface area (Å²) in [7, 11) is 2.91. The molecule has 1 amide bonds. The van der Waals surface area contributed by atoms with Crippen LogP contribution in [0.25, 0.3) is 6.08 Å². The second kappa shape index (κ2) is 7.93. The first-order valence-corrected chi connectivity index (χ1v) is 7.09. The largest absolute Gasteiger partial charge is 0.493 e. The van der Waals surface area contributed by atoms with Gasteiger partial charge in [-0.3, -0.25) is 4.79 Å². The van der Waals surface area contributed by atoms with E-state index in [9.17, 15) is 13.6 Å². The van der Waals surface area contributed by atoms with Gasteiger partial charge in [-0.2, -0.15) is 5.26 Å². The minimum atomic E-state index is -1.13. The maximum Gasteiger partial charge on any atom is 0.266 e. The molecule has 0 unspecified atom stereocenters. The molecule has 1 N–H and O–H groups in total. The van der Waals surface area contributed by atoms with Crippen LogP contribution in [0.5, 0.6) is 11.5 Å². The van der Waals surface area contributed by atoms with E-state index >= 15 is 0 Å². The molecule has 0 atom stereocenters. The van der Waals surface area contributed by atoms with Crippen LogP contribution in [-0.2, 0) is 4.79 Å². The number of benzene rings is 2. The molecule has 0 aliphatic heterocycles. The third kappa shape index (κ3) is 4.12. The fraction of sp³-hybridized carbons (Fsp3) is 0.111. The van der Waals surface area contributed by atoms with E-state index in [1.54, 1.807) is 18.2 Å². The predicted octanol–water partition coefficient (Wildman–Crippen LogP) is 3.53. The number of anilines is 1. The number of rotatable bonds is 5. The van der Waals surface area contributed by atoms with Gasteiger partial charge in [-0.25, -0.2) is 8.78 Å². The molecular formula is C18H14F2N2O3. The average Bonchev–Trinajstić information content (AvgIpc) is 2.62. The lowest BCUT2D eigenvalue weighted by Crippen LogP contribution is -2.13. The quantitative estimate of drug-likeness (QED) is 0.665. The van der Waals surface area contributed by atoms with Crippen LogP contribution < -0.4 is 14.8 Å². The van der Waals surface area contributed by atoms with Crippen molar-refractivity contribution in [2.75, 3.05) is 19.5 Å². The monoisotopic (exact) mass is 344 g/mol. The molecule has 0 aromatic heterocycles. The van der Waals surface area contributed by atoms with E-state index < -0.39 is 17.5 Å². The van der Waals surface area contributed by atoms with Crippen molar-refractivity contribution in [2.45, 2.75) is 0 Å². The summed E-state index contributed by atoms with van der Waals surface area (Å²) in [6, 6.07) is 9.81. The smallest absolute Gasteiger partial charge is 0.266 e. The first kappa shape index (κ1) is 17.9. The number of hydrogen-bond donors (Lipinski definition) is 1. The van der Waals surface area contributed by atoms with Gasteiger partial charge in [0.15, 0.2) is 23.1 Å². The maximum atomic E-state index is 13.7. The van der Waals surface area contributed by atoms with Crippen LogP contribution in [0.3, 0.4) is 0 Å². The van der Waals surface area contributed by atoms with Gasteiger partial charge < -0.3 is 14.8 Å². The Balaban J connectivity index is 2.28. The molecule has 128 valence electrons. The van der Waals surface area contributed by atoms with Gasteiger partial charge >= 0.3 is 0 Å². The molecule has 0 fully saturated rings. The molecule has 0 aliphatic carbocycles. The van der Waals surface area contributed by atoms with Crippen LogP contribution in [0.2, 0.25) is 0 Å². The highest BCUT2D eigenvalue weighted by Gasteiger charge is 2.14. The number of halogens is 2. The Labute approximate surface area is 143 Å². The van der Waals surface area contributed by atoms with Crippen LogP contribution >= 0.6 is 0 Å². The van der Waals surface area contributed by atoms with Crippen LogP contribution in [-0.4, -0.2) is 20.1 Å². The zero-order chi connectivity index (χ0) is 18.4. The molecule has 0 aliphatic rings. The van der Waals surface area contributed by atoms with Crippen molar-refractivity contribution in [3.05, 3.63) is 59.2 Å². The number of carbonyl (C=O) groups excluding carboxylic acids is 1. The summed E-state index contributed by atoms with van der Waals surface area (Å²) in [5, 5.41) is 11.6. The second-order valence-electron chi connectivity index (χ2n) is 4.84. The number of nitriles is 1. The van der Waals surface area contributed by atoms with Crippen molar-refractivity contribution in [1.29, 1.82) is 5.26 Å². The van der Waals surface area contributed by atoms with Gasteiger partial charge in [0.05, 0.1) is 14.2 Å². The standard InChI is InChI=1S/C18H14F2N2O3/c1-24-15-7-6-13(9-16(15)25-2)22-18(23)12(10-21)8-11-4-3-5-14(19)17(11)20/h3-9H,1-2H3,(H,22,23)/b12-8+. The number of hydrogen-bond acceptors (Lipinski definition) is 4. The molecule has 0 spiro atoms. The highest BCUT2D eigenvalue weighted by atomic mass is 19.2. The lowest BCUT2D eigenvalue weighted by molar-refractivity contribution is -0.112. The number of nitrogens with one attached hydrogen (secondary N) is 1. The average molecular weight is 344 g/mol. The zero-order valence-corrected chi connectivity index (χ0v) is 13.5. The minimum absolute atomic E-state index is 0.195. The summed E-state index contributed by atoms with van der Waals surface area (Å²) in [5.74, 6) is -2.10. The van der Waals surface area contributed by atoms with Crippen LogP contribution in [0, 0.1) is 23.0 Å². The van der Waals surface area contributed by atoms with E-state index in [0.717, 1.165) is 12.1 Å². The number of amides is 1. The Morgan fingerprint density at radius 2 is 1.88 bits per heavy atom. The third-order valence-corrected chi connectivity index (χ3v) is 3.29. The van der Waals surface area contributed by atoms with Crippen LogP contribution in [0.4, 0.5) is 14.5 Å². The van der Waals surface area contributed by atoms with Crippen molar-refractivity contribution >= 4 is 17.7 Å². The summed E-state index contributed by atoms with van der Waals surface area (Å²) in [6.07, 6.45) is 0.981. The number of carbonyl (C=O) groups is 1. The van der Waals surface area contributed by atoms with E-state index in [-0.39, 0.29) is 11.1 Å². The fourth-order valence-electron chi connectivity index (χ4n) is 2.05. The van der Waals surface area contributed by atoms with Crippen molar-refractivity contribution in [3.63, 3.8) is 0 Å². The van der Waals surface area contributed by atoms with Crippen molar-refractivity contribution in [3.8, 4) is 17.6 Å². The molecular weight excluding hydrogens is 330 g/mol. The first-order chi connectivity index (χ1) is 12.0.